The second-order valence-corrected chi connectivity index (χ2v) is 10.7. The fourth-order valence-electron chi connectivity index (χ4n) is 4.51. The standard InChI is InChI=1S/C25H42N6O8/c1-14(2)11-18(29-23(35)19(30-25(37)38)13-31-7-9-39-10-8-31)22(34)28-17(12-16-5-6-26-21(16)33)20(32)24(36)27-15(3)4/h14-19,30H,5-13H2,1-4H3,(H,26,33)(H,27,36)(H,28,34)(H,29,35)(H,37,38)/t16-,17?,18?,19?/m0/s1. The lowest BCUT2D eigenvalue weighted by molar-refractivity contribution is -0.141. The van der Waals surface area contributed by atoms with Crippen molar-refractivity contribution < 1.29 is 38.6 Å². The highest BCUT2D eigenvalue weighted by atomic mass is 16.5. The van der Waals surface area contributed by atoms with Crippen molar-refractivity contribution in [1.29, 1.82) is 0 Å². The van der Waals surface area contributed by atoms with Gasteiger partial charge in [-0.1, -0.05) is 13.8 Å². The van der Waals surface area contributed by atoms with Gasteiger partial charge in [0.25, 0.3) is 5.91 Å². The maximum absolute atomic E-state index is 13.4. The van der Waals surface area contributed by atoms with E-state index in [0.29, 0.717) is 39.3 Å². The van der Waals surface area contributed by atoms with Crippen LogP contribution < -0.4 is 26.6 Å². The number of ether oxygens (including phenoxy) is 1. The van der Waals surface area contributed by atoms with Crippen LogP contribution in [0.4, 0.5) is 4.79 Å². The van der Waals surface area contributed by atoms with Gasteiger partial charge in [0.1, 0.15) is 12.1 Å². The molecule has 0 aromatic rings. The van der Waals surface area contributed by atoms with Crippen LogP contribution in [-0.2, 0) is 28.7 Å². The number of ketones is 1. The van der Waals surface area contributed by atoms with E-state index in [1.165, 1.54) is 0 Å². The molecule has 0 bridgehead atoms. The number of carbonyl (C=O) groups is 6. The van der Waals surface area contributed by atoms with E-state index in [9.17, 15) is 33.9 Å². The molecule has 14 heteroatoms. The minimum absolute atomic E-state index is 0.0508. The molecule has 2 saturated heterocycles. The molecule has 39 heavy (non-hydrogen) atoms. The maximum atomic E-state index is 13.4. The zero-order chi connectivity index (χ0) is 29.1. The third kappa shape index (κ3) is 10.8. The molecule has 220 valence electrons. The van der Waals surface area contributed by atoms with Crippen molar-refractivity contribution in [3.8, 4) is 0 Å². The number of nitrogens with one attached hydrogen (secondary N) is 5. The number of morpholine rings is 1. The van der Waals surface area contributed by atoms with Crippen molar-refractivity contribution in [2.75, 3.05) is 39.4 Å². The predicted octanol–water partition coefficient (Wildman–Crippen LogP) is -1.41. The van der Waals surface area contributed by atoms with Gasteiger partial charge in [0.2, 0.25) is 23.5 Å². The van der Waals surface area contributed by atoms with Crippen LogP contribution >= 0.6 is 0 Å². The van der Waals surface area contributed by atoms with Gasteiger partial charge in [0.15, 0.2) is 0 Å². The summed E-state index contributed by atoms with van der Waals surface area (Å²) < 4.78 is 5.30. The fraction of sp³-hybridized carbons (Fsp3) is 0.760. The lowest BCUT2D eigenvalue weighted by Crippen LogP contribution is -2.59. The largest absolute Gasteiger partial charge is 0.465 e. The number of carbonyl (C=O) groups excluding carboxylic acids is 5. The molecule has 2 fully saturated rings. The van der Waals surface area contributed by atoms with E-state index in [1.54, 1.807) is 13.8 Å². The molecular weight excluding hydrogens is 512 g/mol. The topological polar surface area (TPSA) is 195 Å². The Balaban J connectivity index is 2.19. The number of nitrogens with zero attached hydrogens (tertiary/aromatic N) is 1. The van der Waals surface area contributed by atoms with Gasteiger partial charge in [0.05, 0.1) is 19.3 Å². The number of Topliss-reactive ketones (excluding diaryl/α,β-unsaturated/α-hetero) is 1. The van der Waals surface area contributed by atoms with Crippen molar-refractivity contribution >= 4 is 35.5 Å². The monoisotopic (exact) mass is 554 g/mol. The third-order valence-corrected chi connectivity index (χ3v) is 6.46. The van der Waals surface area contributed by atoms with Crippen LogP contribution in [-0.4, -0.2) is 109 Å². The van der Waals surface area contributed by atoms with Gasteiger partial charge >= 0.3 is 6.09 Å². The van der Waals surface area contributed by atoms with Crippen LogP contribution in [0.25, 0.3) is 0 Å². The number of hydrogen-bond donors (Lipinski definition) is 6. The molecular formula is C25H42N6O8. The van der Waals surface area contributed by atoms with E-state index in [4.69, 9.17) is 4.74 Å². The molecule has 14 nitrogen and oxygen atoms in total. The first-order valence-corrected chi connectivity index (χ1v) is 13.4. The zero-order valence-electron chi connectivity index (χ0n) is 23.1. The zero-order valence-corrected chi connectivity index (χ0v) is 23.1. The van der Waals surface area contributed by atoms with Crippen molar-refractivity contribution in [3.63, 3.8) is 0 Å². The second kappa shape index (κ2) is 15.4. The highest BCUT2D eigenvalue weighted by Crippen LogP contribution is 2.17. The summed E-state index contributed by atoms with van der Waals surface area (Å²) in [4.78, 5) is 77.4. The van der Waals surface area contributed by atoms with Gasteiger partial charge in [-0.25, -0.2) is 4.79 Å². The molecule has 2 heterocycles. The van der Waals surface area contributed by atoms with Crippen LogP contribution in [0.15, 0.2) is 0 Å². The molecule has 5 amide bonds. The van der Waals surface area contributed by atoms with E-state index in [-0.39, 0.29) is 37.3 Å². The van der Waals surface area contributed by atoms with Crippen LogP contribution in [0, 0.1) is 11.8 Å². The van der Waals surface area contributed by atoms with E-state index >= 15 is 0 Å². The normalized spacial score (nSPS) is 20.1. The molecule has 6 N–H and O–H groups in total. The SMILES string of the molecule is CC(C)CC(NC(=O)C(CN1CCOCC1)NC(=O)O)C(=O)NC(C[C@@H]1CCNC1=O)C(=O)C(=O)NC(C)C. The summed E-state index contributed by atoms with van der Waals surface area (Å²) in [7, 11) is 0. The molecule has 0 aromatic heterocycles. The maximum Gasteiger partial charge on any atom is 0.405 e. The quantitative estimate of drug-likeness (QED) is 0.140. The lowest BCUT2D eigenvalue weighted by atomic mass is 9.94. The third-order valence-electron chi connectivity index (χ3n) is 6.46. The Labute approximate surface area is 228 Å². The predicted molar refractivity (Wildman–Crippen MR) is 140 cm³/mol. The van der Waals surface area contributed by atoms with Crippen molar-refractivity contribution in [2.24, 2.45) is 11.8 Å². The first-order chi connectivity index (χ1) is 18.4. The minimum Gasteiger partial charge on any atom is -0.465 e. The average molecular weight is 555 g/mol. The molecule has 0 saturated carbocycles. The first-order valence-electron chi connectivity index (χ1n) is 13.4. The number of hydrogen-bond acceptors (Lipinski definition) is 8. The van der Waals surface area contributed by atoms with Gasteiger partial charge in [0, 0.05) is 38.1 Å². The van der Waals surface area contributed by atoms with Crippen LogP contribution in [0.1, 0.15) is 47.0 Å². The van der Waals surface area contributed by atoms with Crippen LogP contribution in [0.2, 0.25) is 0 Å². The Hall–Kier alpha value is -3.26. The Kier molecular flexibility index (Phi) is 12.6. The molecule has 2 aliphatic heterocycles. The Bertz CT molecular complexity index is 905. The number of rotatable bonds is 14. The summed E-state index contributed by atoms with van der Waals surface area (Å²) in [5.41, 5.74) is 0. The van der Waals surface area contributed by atoms with Crippen molar-refractivity contribution in [1.82, 2.24) is 31.5 Å². The summed E-state index contributed by atoms with van der Waals surface area (Å²) in [5.74, 6) is -4.03. The van der Waals surface area contributed by atoms with E-state index < -0.39 is 53.6 Å². The molecule has 0 aliphatic carbocycles. The van der Waals surface area contributed by atoms with Gasteiger partial charge in [-0.3, -0.25) is 28.9 Å². The molecule has 2 aliphatic rings. The summed E-state index contributed by atoms with van der Waals surface area (Å²) in [6, 6.07) is -3.86. The Morgan fingerprint density at radius 3 is 2.10 bits per heavy atom. The minimum atomic E-state index is -1.38. The molecule has 0 radical (unpaired) electrons. The fourth-order valence-corrected chi connectivity index (χ4v) is 4.51. The first kappa shape index (κ1) is 32.0. The Morgan fingerprint density at radius 1 is 0.949 bits per heavy atom. The van der Waals surface area contributed by atoms with E-state index in [1.807, 2.05) is 18.7 Å². The summed E-state index contributed by atoms with van der Waals surface area (Å²) in [6.07, 6.45) is -0.798. The van der Waals surface area contributed by atoms with E-state index in [0.717, 1.165) is 0 Å². The summed E-state index contributed by atoms with van der Waals surface area (Å²) in [6.45, 7) is 9.55. The summed E-state index contributed by atoms with van der Waals surface area (Å²) in [5, 5.41) is 21.9. The molecule has 2 rings (SSSR count). The smallest absolute Gasteiger partial charge is 0.405 e. The lowest BCUT2D eigenvalue weighted by Gasteiger charge is -2.31. The molecule has 3 unspecified atom stereocenters. The molecule has 0 aromatic carbocycles. The highest BCUT2D eigenvalue weighted by molar-refractivity contribution is 6.38. The van der Waals surface area contributed by atoms with Crippen LogP contribution in [0.5, 0.6) is 0 Å². The van der Waals surface area contributed by atoms with Gasteiger partial charge in [-0.2, -0.15) is 0 Å². The van der Waals surface area contributed by atoms with Crippen molar-refractivity contribution in [2.45, 2.75) is 71.1 Å². The van der Waals surface area contributed by atoms with Crippen LogP contribution in [0.3, 0.4) is 0 Å². The van der Waals surface area contributed by atoms with Crippen molar-refractivity contribution in [3.05, 3.63) is 0 Å². The molecule has 4 atom stereocenters. The number of amides is 5. The average Bonchev–Trinajstić information content (AvgIpc) is 3.26. The molecule has 0 spiro atoms. The van der Waals surface area contributed by atoms with Gasteiger partial charge in [-0.05, 0) is 39.0 Å². The number of carboxylic acid groups (broad SMARTS) is 1. The Morgan fingerprint density at radius 2 is 1.56 bits per heavy atom. The van der Waals surface area contributed by atoms with Gasteiger partial charge < -0.3 is 36.4 Å². The van der Waals surface area contributed by atoms with E-state index in [2.05, 4.69) is 26.6 Å². The van der Waals surface area contributed by atoms with Gasteiger partial charge in [-0.15, -0.1) is 0 Å². The highest BCUT2D eigenvalue weighted by Gasteiger charge is 2.36. The second-order valence-electron chi connectivity index (χ2n) is 10.7. The summed E-state index contributed by atoms with van der Waals surface area (Å²) >= 11 is 0.